The summed E-state index contributed by atoms with van der Waals surface area (Å²) in [5.74, 6) is 2.26. The Morgan fingerprint density at radius 2 is 2.00 bits per heavy atom. The maximum atomic E-state index is 3.58. The molecule has 17 heavy (non-hydrogen) atoms. The van der Waals surface area contributed by atoms with Gasteiger partial charge in [-0.05, 0) is 30.9 Å². The van der Waals surface area contributed by atoms with Gasteiger partial charge in [-0.15, -0.1) is 0 Å². The highest BCUT2D eigenvalue weighted by Crippen LogP contribution is 2.47. The van der Waals surface area contributed by atoms with Crippen molar-refractivity contribution in [1.82, 2.24) is 4.57 Å². The largest absolute Gasteiger partial charge is 0.358 e. The smallest absolute Gasteiger partial charge is 0.112 e. The zero-order valence-electron chi connectivity index (χ0n) is 9.91. The zero-order chi connectivity index (χ0) is 11.6. The van der Waals surface area contributed by atoms with Gasteiger partial charge >= 0.3 is 0 Å². The number of fused-ring (bicyclic) bond motifs is 3. The molecule has 0 amide bonds. The van der Waals surface area contributed by atoms with Gasteiger partial charge in [0.1, 0.15) is 5.82 Å². The predicted octanol–water partition coefficient (Wildman–Crippen LogP) is 3.64. The summed E-state index contributed by atoms with van der Waals surface area (Å²) in [4.78, 5) is 2.56. The minimum Gasteiger partial charge on any atom is -0.358 e. The Morgan fingerprint density at radius 3 is 2.76 bits per heavy atom. The van der Waals surface area contributed by atoms with Crippen LogP contribution in [0.5, 0.6) is 0 Å². The lowest BCUT2D eigenvalue weighted by Gasteiger charge is -2.41. The van der Waals surface area contributed by atoms with Crippen molar-refractivity contribution in [3.05, 3.63) is 28.2 Å². The molecule has 1 aromatic heterocycles. The second kappa shape index (κ2) is 3.29. The van der Waals surface area contributed by atoms with Crippen molar-refractivity contribution in [2.45, 2.75) is 18.8 Å². The molecule has 88 valence electrons. The Balaban J connectivity index is 2.13. The van der Waals surface area contributed by atoms with E-state index in [1.54, 1.807) is 5.56 Å². The lowest BCUT2D eigenvalue weighted by atomic mass is 9.84. The summed E-state index contributed by atoms with van der Waals surface area (Å²) in [6.07, 6.45) is 2.67. The maximum absolute atomic E-state index is 3.58. The van der Waals surface area contributed by atoms with E-state index in [2.05, 4.69) is 50.6 Å². The molecular formula is C14H15BrN2. The second-order valence-corrected chi connectivity index (χ2v) is 6.13. The van der Waals surface area contributed by atoms with Crippen LogP contribution in [0.25, 0.3) is 10.9 Å². The molecule has 2 nitrogen and oxygen atoms in total. The molecule has 1 aromatic carbocycles. The molecule has 2 aromatic rings. The second-order valence-electron chi connectivity index (χ2n) is 5.22. The Morgan fingerprint density at radius 1 is 1.24 bits per heavy atom. The number of hydrogen-bond donors (Lipinski definition) is 0. The van der Waals surface area contributed by atoms with Gasteiger partial charge < -0.3 is 9.47 Å². The van der Waals surface area contributed by atoms with E-state index < -0.39 is 0 Å². The van der Waals surface area contributed by atoms with Gasteiger partial charge in [0.25, 0.3) is 0 Å². The number of piperidine rings is 1. The summed E-state index contributed by atoms with van der Waals surface area (Å²) >= 11 is 3.58. The van der Waals surface area contributed by atoms with Gasteiger partial charge in [0, 0.05) is 35.6 Å². The van der Waals surface area contributed by atoms with Crippen LogP contribution in [-0.4, -0.2) is 17.7 Å². The molecule has 0 aliphatic carbocycles. The van der Waals surface area contributed by atoms with E-state index in [-0.39, 0.29) is 0 Å². The standard InChI is InChI=1S/C14H15BrN2/c1-16-12-8-10(15)2-3-11(12)13-9-4-6-17(7-5-9)14(13)16/h2-3,8-9H,4-7H2,1H3. The maximum Gasteiger partial charge on any atom is 0.112 e. The summed E-state index contributed by atoms with van der Waals surface area (Å²) < 4.78 is 3.55. The van der Waals surface area contributed by atoms with E-state index in [0.29, 0.717) is 0 Å². The van der Waals surface area contributed by atoms with Crippen molar-refractivity contribution in [2.75, 3.05) is 18.0 Å². The number of aromatic nitrogens is 1. The van der Waals surface area contributed by atoms with E-state index in [0.717, 1.165) is 5.92 Å². The molecule has 5 rings (SSSR count). The first-order chi connectivity index (χ1) is 8.25. The fourth-order valence-corrected chi connectivity index (χ4v) is 3.94. The highest BCUT2D eigenvalue weighted by Gasteiger charge is 2.35. The zero-order valence-corrected chi connectivity index (χ0v) is 11.5. The highest BCUT2D eigenvalue weighted by atomic mass is 79.9. The number of rotatable bonds is 0. The fourth-order valence-electron chi connectivity index (χ4n) is 3.59. The fraction of sp³-hybridized carbons (Fsp3) is 0.429. The van der Waals surface area contributed by atoms with Crippen LogP contribution in [0.4, 0.5) is 5.82 Å². The molecule has 0 N–H and O–H groups in total. The molecule has 0 spiro atoms. The molecule has 0 atom stereocenters. The number of nitrogens with zero attached hydrogens (tertiary/aromatic N) is 2. The van der Waals surface area contributed by atoms with Crippen LogP contribution in [0.2, 0.25) is 0 Å². The first-order valence-corrected chi connectivity index (χ1v) is 7.08. The quantitative estimate of drug-likeness (QED) is 0.719. The van der Waals surface area contributed by atoms with Gasteiger partial charge in [-0.3, -0.25) is 0 Å². The van der Waals surface area contributed by atoms with Crippen LogP contribution < -0.4 is 4.90 Å². The van der Waals surface area contributed by atoms with Gasteiger partial charge in [0.2, 0.25) is 0 Å². The van der Waals surface area contributed by atoms with Crippen molar-refractivity contribution in [1.29, 1.82) is 0 Å². The van der Waals surface area contributed by atoms with Gasteiger partial charge in [0.05, 0.1) is 5.52 Å². The van der Waals surface area contributed by atoms with Crippen LogP contribution in [-0.2, 0) is 7.05 Å². The monoisotopic (exact) mass is 290 g/mol. The molecule has 0 unspecified atom stereocenters. The van der Waals surface area contributed by atoms with Crippen molar-refractivity contribution in [3.63, 3.8) is 0 Å². The van der Waals surface area contributed by atoms with Gasteiger partial charge in [-0.1, -0.05) is 22.0 Å². The van der Waals surface area contributed by atoms with Crippen molar-refractivity contribution in [3.8, 4) is 0 Å². The molecule has 2 bridgehead atoms. The Labute approximate surface area is 109 Å². The van der Waals surface area contributed by atoms with E-state index in [4.69, 9.17) is 0 Å². The lowest BCUT2D eigenvalue weighted by Crippen LogP contribution is -2.39. The lowest BCUT2D eigenvalue weighted by molar-refractivity contribution is 0.469. The summed E-state index contributed by atoms with van der Waals surface area (Å²) in [7, 11) is 2.20. The highest BCUT2D eigenvalue weighted by molar-refractivity contribution is 9.10. The van der Waals surface area contributed by atoms with Gasteiger partial charge in [-0.2, -0.15) is 0 Å². The van der Waals surface area contributed by atoms with E-state index in [9.17, 15) is 0 Å². The normalized spacial score (nSPS) is 19.1. The summed E-state index contributed by atoms with van der Waals surface area (Å²) in [6, 6.07) is 6.69. The third-order valence-electron chi connectivity index (χ3n) is 4.37. The summed E-state index contributed by atoms with van der Waals surface area (Å²) in [5.41, 5.74) is 2.97. The first kappa shape index (κ1) is 10.0. The summed E-state index contributed by atoms with van der Waals surface area (Å²) in [6.45, 7) is 2.48. The van der Waals surface area contributed by atoms with Gasteiger partial charge in [0.15, 0.2) is 0 Å². The number of aryl methyl sites for hydroxylation is 1. The first-order valence-electron chi connectivity index (χ1n) is 6.28. The topological polar surface area (TPSA) is 8.17 Å². The average molecular weight is 291 g/mol. The predicted molar refractivity (Wildman–Crippen MR) is 74.8 cm³/mol. The van der Waals surface area contributed by atoms with E-state index >= 15 is 0 Å². The molecule has 1 saturated heterocycles. The van der Waals surface area contributed by atoms with Crippen molar-refractivity contribution >= 4 is 32.7 Å². The van der Waals surface area contributed by atoms with Crippen LogP contribution in [0.3, 0.4) is 0 Å². The average Bonchev–Trinajstić information content (AvgIpc) is 2.67. The van der Waals surface area contributed by atoms with Crippen LogP contribution in [0.1, 0.15) is 24.3 Å². The van der Waals surface area contributed by atoms with Crippen LogP contribution >= 0.6 is 15.9 Å². The Hall–Kier alpha value is -0.960. The third-order valence-corrected chi connectivity index (χ3v) is 4.87. The molecule has 3 aliphatic heterocycles. The molecule has 3 heteroatoms. The number of halogens is 1. The molecule has 3 aliphatic rings. The van der Waals surface area contributed by atoms with Crippen molar-refractivity contribution < 1.29 is 0 Å². The SMILES string of the molecule is Cn1c2c(c3ccc(Br)cc31)C1CCN2CC1. The number of anilines is 1. The minimum atomic E-state index is 0.792. The van der Waals surface area contributed by atoms with Crippen molar-refractivity contribution in [2.24, 2.45) is 7.05 Å². The van der Waals surface area contributed by atoms with Gasteiger partial charge in [-0.25, -0.2) is 0 Å². The Kier molecular flexibility index (Phi) is 1.93. The molecular weight excluding hydrogens is 276 g/mol. The van der Waals surface area contributed by atoms with E-state index in [1.165, 1.54) is 47.1 Å². The van der Waals surface area contributed by atoms with Crippen LogP contribution in [0.15, 0.2) is 22.7 Å². The molecule has 4 heterocycles. The minimum absolute atomic E-state index is 0.792. The Bertz CT molecular complexity index is 606. The number of hydrogen-bond acceptors (Lipinski definition) is 1. The van der Waals surface area contributed by atoms with E-state index in [1.807, 2.05) is 0 Å². The third kappa shape index (κ3) is 1.21. The molecule has 1 fully saturated rings. The number of benzene rings is 1. The van der Waals surface area contributed by atoms with Crippen LogP contribution in [0, 0.1) is 0 Å². The molecule has 0 radical (unpaired) electrons. The molecule has 0 saturated carbocycles. The summed E-state index contributed by atoms with van der Waals surface area (Å²) in [5, 5.41) is 1.46.